The van der Waals surface area contributed by atoms with Crippen LogP contribution in [0.15, 0.2) is 36.4 Å². The van der Waals surface area contributed by atoms with Crippen LogP contribution in [-0.4, -0.2) is 15.8 Å². The van der Waals surface area contributed by atoms with Crippen LogP contribution in [0.4, 0.5) is 21.7 Å². The molecule has 22 heavy (non-hydrogen) atoms. The summed E-state index contributed by atoms with van der Waals surface area (Å²) in [7, 11) is 0. The van der Waals surface area contributed by atoms with Gasteiger partial charge in [0.25, 0.3) is 0 Å². The lowest BCUT2D eigenvalue weighted by Crippen LogP contribution is -2.11. The molecule has 0 fully saturated rings. The van der Waals surface area contributed by atoms with E-state index < -0.39 is 10.8 Å². The summed E-state index contributed by atoms with van der Waals surface area (Å²) in [4.78, 5) is 25.3. The molecule has 114 valence electrons. The van der Waals surface area contributed by atoms with Crippen LogP contribution in [0.25, 0.3) is 0 Å². The molecule has 0 saturated heterocycles. The average molecular weight is 304 g/mol. The van der Waals surface area contributed by atoms with Crippen molar-refractivity contribution in [1.82, 2.24) is 4.98 Å². The van der Waals surface area contributed by atoms with Crippen molar-refractivity contribution in [1.29, 1.82) is 0 Å². The number of nitrogens with one attached hydrogen (secondary N) is 2. The van der Waals surface area contributed by atoms with Crippen LogP contribution in [0.2, 0.25) is 0 Å². The molecule has 0 aliphatic heterocycles. The van der Waals surface area contributed by atoms with E-state index in [9.17, 15) is 19.3 Å². The van der Waals surface area contributed by atoms with Gasteiger partial charge in [-0.25, -0.2) is 9.37 Å². The van der Waals surface area contributed by atoms with Crippen molar-refractivity contribution in [2.75, 3.05) is 10.6 Å². The second kappa shape index (κ2) is 6.61. The first-order valence-corrected chi connectivity index (χ1v) is 6.37. The van der Waals surface area contributed by atoms with Crippen molar-refractivity contribution in [2.24, 2.45) is 0 Å². The number of aromatic nitrogens is 1. The minimum absolute atomic E-state index is 0.124. The third-order valence-corrected chi connectivity index (χ3v) is 2.75. The van der Waals surface area contributed by atoms with E-state index in [-0.39, 0.29) is 17.3 Å². The third kappa shape index (κ3) is 3.98. The van der Waals surface area contributed by atoms with E-state index >= 15 is 0 Å². The molecule has 0 bridgehead atoms. The fraction of sp³-hybridized carbons (Fsp3) is 0.143. The first-order chi connectivity index (χ1) is 10.5. The van der Waals surface area contributed by atoms with Crippen LogP contribution in [0.3, 0.4) is 0 Å². The highest BCUT2D eigenvalue weighted by atomic mass is 19.1. The van der Waals surface area contributed by atoms with Gasteiger partial charge in [0.15, 0.2) is 0 Å². The molecule has 2 rings (SSSR count). The van der Waals surface area contributed by atoms with E-state index in [1.165, 1.54) is 31.2 Å². The van der Waals surface area contributed by atoms with Gasteiger partial charge in [0, 0.05) is 19.5 Å². The number of carbonyl (C=O) groups is 1. The summed E-state index contributed by atoms with van der Waals surface area (Å²) < 4.78 is 12.8. The topological polar surface area (TPSA) is 97.2 Å². The van der Waals surface area contributed by atoms with Crippen molar-refractivity contribution in [3.8, 4) is 0 Å². The quantitative estimate of drug-likeness (QED) is 0.654. The zero-order valence-electron chi connectivity index (χ0n) is 11.7. The SMILES string of the molecule is CC(=O)Nc1nc(NCc2ccc(F)cc2)ccc1[N+](=O)[O-]. The maximum absolute atomic E-state index is 12.8. The van der Waals surface area contributed by atoms with Crippen molar-refractivity contribution in [2.45, 2.75) is 13.5 Å². The molecular formula is C14H13FN4O3. The van der Waals surface area contributed by atoms with Crippen LogP contribution in [0.1, 0.15) is 12.5 Å². The fourth-order valence-corrected chi connectivity index (χ4v) is 1.75. The van der Waals surface area contributed by atoms with E-state index in [4.69, 9.17) is 0 Å². The third-order valence-electron chi connectivity index (χ3n) is 2.75. The first-order valence-electron chi connectivity index (χ1n) is 6.37. The van der Waals surface area contributed by atoms with Gasteiger partial charge in [0.05, 0.1) is 4.92 Å². The predicted molar refractivity (Wildman–Crippen MR) is 78.9 cm³/mol. The van der Waals surface area contributed by atoms with Gasteiger partial charge in [0.1, 0.15) is 11.6 Å². The number of carbonyl (C=O) groups excluding carboxylic acids is 1. The Kier molecular flexibility index (Phi) is 4.62. The molecule has 7 nitrogen and oxygen atoms in total. The highest BCUT2D eigenvalue weighted by Gasteiger charge is 2.16. The molecule has 0 aliphatic rings. The summed E-state index contributed by atoms with van der Waals surface area (Å²) in [6, 6.07) is 8.59. The number of halogens is 1. The summed E-state index contributed by atoms with van der Waals surface area (Å²) >= 11 is 0. The molecule has 2 N–H and O–H groups in total. The van der Waals surface area contributed by atoms with Gasteiger partial charge in [-0.1, -0.05) is 12.1 Å². The lowest BCUT2D eigenvalue weighted by Gasteiger charge is -2.08. The monoisotopic (exact) mass is 304 g/mol. The van der Waals surface area contributed by atoms with Gasteiger partial charge in [0.2, 0.25) is 11.7 Å². The molecule has 1 aromatic carbocycles. The van der Waals surface area contributed by atoms with Crippen LogP contribution in [0.5, 0.6) is 0 Å². The maximum atomic E-state index is 12.8. The Balaban J connectivity index is 2.15. The Morgan fingerprint density at radius 2 is 1.95 bits per heavy atom. The van der Waals surface area contributed by atoms with E-state index in [1.807, 2.05) is 0 Å². The Hall–Kier alpha value is -3.03. The number of nitro groups is 1. The van der Waals surface area contributed by atoms with Gasteiger partial charge < -0.3 is 10.6 Å². The van der Waals surface area contributed by atoms with Crippen molar-refractivity contribution < 1.29 is 14.1 Å². The zero-order chi connectivity index (χ0) is 16.1. The molecule has 1 aromatic heterocycles. The number of amides is 1. The van der Waals surface area contributed by atoms with E-state index in [0.717, 1.165) is 5.56 Å². The van der Waals surface area contributed by atoms with Crippen LogP contribution >= 0.6 is 0 Å². The molecule has 2 aromatic rings. The number of hydrogen-bond donors (Lipinski definition) is 2. The minimum Gasteiger partial charge on any atom is -0.366 e. The Morgan fingerprint density at radius 3 is 2.55 bits per heavy atom. The van der Waals surface area contributed by atoms with Gasteiger partial charge in [-0.2, -0.15) is 0 Å². The molecule has 0 atom stereocenters. The summed E-state index contributed by atoms with van der Waals surface area (Å²) in [5.74, 6) is -0.545. The highest BCUT2D eigenvalue weighted by Crippen LogP contribution is 2.24. The minimum atomic E-state index is -0.623. The van der Waals surface area contributed by atoms with Crippen LogP contribution in [0, 0.1) is 15.9 Å². The Morgan fingerprint density at radius 1 is 1.27 bits per heavy atom. The number of nitrogens with zero attached hydrogens (tertiary/aromatic N) is 2. The molecule has 1 heterocycles. The number of hydrogen-bond acceptors (Lipinski definition) is 5. The summed E-state index contributed by atoms with van der Waals surface area (Å²) in [6.45, 7) is 1.61. The van der Waals surface area contributed by atoms with Crippen molar-refractivity contribution in [3.05, 3.63) is 57.9 Å². The normalized spacial score (nSPS) is 10.1. The first kappa shape index (κ1) is 15.4. The number of rotatable bonds is 5. The predicted octanol–water partition coefficient (Wildman–Crippen LogP) is 2.70. The largest absolute Gasteiger partial charge is 0.366 e. The molecule has 8 heteroatoms. The maximum Gasteiger partial charge on any atom is 0.311 e. The van der Waals surface area contributed by atoms with Gasteiger partial charge in [-0.3, -0.25) is 14.9 Å². The molecule has 0 aliphatic carbocycles. The van der Waals surface area contributed by atoms with Gasteiger partial charge in [-0.05, 0) is 23.8 Å². The van der Waals surface area contributed by atoms with E-state index in [1.54, 1.807) is 12.1 Å². The molecule has 1 amide bonds. The molecule has 0 radical (unpaired) electrons. The van der Waals surface area contributed by atoms with Gasteiger partial charge >= 0.3 is 5.69 Å². The number of anilines is 2. The Bertz CT molecular complexity index is 704. The second-order valence-corrected chi connectivity index (χ2v) is 4.48. The standard InChI is InChI=1S/C14H13FN4O3/c1-9(20)17-14-12(19(21)22)6-7-13(18-14)16-8-10-2-4-11(15)5-3-10/h2-7H,8H2,1H3,(H2,16,17,18,20). The summed E-state index contributed by atoms with van der Waals surface area (Å²) in [5.41, 5.74) is 0.533. The number of benzene rings is 1. The van der Waals surface area contributed by atoms with E-state index in [2.05, 4.69) is 15.6 Å². The lowest BCUT2D eigenvalue weighted by molar-refractivity contribution is -0.384. The van der Waals surface area contributed by atoms with Crippen LogP contribution < -0.4 is 10.6 Å². The Labute approximate surface area is 125 Å². The molecule has 0 spiro atoms. The summed E-state index contributed by atoms with van der Waals surface area (Å²) in [5, 5.41) is 16.2. The second-order valence-electron chi connectivity index (χ2n) is 4.48. The zero-order valence-corrected chi connectivity index (χ0v) is 11.7. The molecule has 0 saturated carbocycles. The molecular weight excluding hydrogens is 291 g/mol. The van der Waals surface area contributed by atoms with E-state index in [0.29, 0.717) is 12.4 Å². The number of pyridine rings is 1. The lowest BCUT2D eigenvalue weighted by atomic mass is 10.2. The summed E-state index contributed by atoms with van der Waals surface area (Å²) in [6.07, 6.45) is 0. The van der Waals surface area contributed by atoms with Gasteiger partial charge in [-0.15, -0.1) is 0 Å². The van der Waals surface area contributed by atoms with Crippen molar-refractivity contribution >= 4 is 23.2 Å². The average Bonchev–Trinajstić information content (AvgIpc) is 2.46. The molecule has 0 unspecified atom stereocenters. The van der Waals surface area contributed by atoms with Crippen LogP contribution in [-0.2, 0) is 11.3 Å². The van der Waals surface area contributed by atoms with Crippen molar-refractivity contribution in [3.63, 3.8) is 0 Å². The smallest absolute Gasteiger partial charge is 0.311 e. The highest BCUT2D eigenvalue weighted by molar-refractivity contribution is 5.90. The fourth-order valence-electron chi connectivity index (χ4n) is 1.75.